The molecule has 8 heteroatoms. The number of amides is 1. The third-order valence-corrected chi connectivity index (χ3v) is 6.63. The summed E-state index contributed by atoms with van der Waals surface area (Å²) in [5, 5.41) is 14.6. The third kappa shape index (κ3) is 4.23. The molecule has 1 aliphatic rings. The molecule has 1 aromatic carbocycles. The Balaban J connectivity index is 1.32. The monoisotopic (exact) mass is 447 g/mol. The van der Waals surface area contributed by atoms with E-state index in [-0.39, 0.29) is 12.3 Å². The minimum atomic E-state index is -0.0993. The van der Waals surface area contributed by atoms with Gasteiger partial charge in [0.25, 0.3) is 0 Å². The molecule has 0 saturated heterocycles. The van der Waals surface area contributed by atoms with E-state index >= 15 is 0 Å². The second-order valence-corrected chi connectivity index (χ2v) is 9.07. The lowest BCUT2D eigenvalue weighted by Gasteiger charge is -2.11. The molecule has 0 spiro atoms. The van der Waals surface area contributed by atoms with Gasteiger partial charge in [-0.2, -0.15) is 0 Å². The smallest absolute Gasteiger partial charge is 0.230 e. The van der Waals surface area contributed by atoms with Crippen LogP contribution in [-0.4, -0.2) is 25.7 Å². The van der Waals surface area contributed by atoms with Crippen molar-refractivity contribution in [2.45, 2.75) is 52.5 Å². The maximum Gasteiger partial charge on any atom is 0.230 e. The summed E-state index contributed by atoms with van der Waals surface area (Å²) in [7, 11) is 0. The van der Waals surface area contributed by atoms with Crippen LogP contribution in [0.2, 0.25) is 0 Å². The minimum Gasteiger partial charge on any atom is -0.459 e. The minimum absolute atomic E-state index is 0.0993. The Kier molecular flexibility index (Phi) is 5.61. The zero-order valence-electron chi connectivity index (χ0n) is 18.2. The lowest BCUT2D eigenvalue weighted by Crippen LogP contribution is -2.15. The maximum atomic E-state index is 12.8. The van der Waals surface area contributed by atoms with Gasteiger partial charge in [0.2, 0.25) is 5.91 Å². The van der Waals surface area contributed by atoms with Crippen molar-refractivity contribution in [1.29, 1.82) is 0 Å². The number of carbonyl (C=O) groups excluding carboxylic acids is 1. The van der Waals surface area contributed by atoms with Crippen molar-refractivity contribution >= 4 is 22.9 Å². The number of thiazole rings is 1. The van der Waals surface area contributed by atoms with Crippen LogP contribution in [0.1, 0.15) is 42.1 Å². The van der Waals surface area contributed by atoms with Gasteiger partial charge >= 0.3 is 0 Å². The Hall–Kier alpha value is -3.26. The molecule has 7 nitrogen and oxygen atoms in total. The SMILES string of the molecule is Cc1ccc(-c2nc(CC(=O)Nc3cc(-c4nnc5n4CCCCC5)ccc3C)cs2)o1. The van der Waals surface area contributed by atoms with E-state index in [2.05, 4.69) is 25.1 Å². The number of nitrogens with one attached hydrogen (secondary N) is 1. The predicted octanol–water partition coefficient (Wildman–Crippen LogP) is 5.19. The molecule has 1 aliphatic heterocycles. The number of benzene rings is 1. The molecule has 0 bridgehead atoms. The molecule has 4 aromatic rings. The van der Waals surface area contributed by atoms with Gasteiger partial charge in [0.05, 0.1) is 12.1 Å². The molecule has 4 heterocycles. The number of aryl methyl sites for hydroxylation is 3. The fourth-order valence-electron chi connectivity index (χ4n) is 4.00. The van der Waals surface area contributed by atoms with Gasteiger partial charge in [0.15, 0.2) is 16.6 Å². The van der Waals surface area contributed by atoms with Crippen LogP contribution in [0.15, 0.2) is 40.1 Å². The summed E-state index contributed by atoms with van der Waals surface area (Å²) in [6.07, 6.45) is 4.69. The van der Waals surface area contributed by atoms with Crippen LogP contribution in [0.4, 0.5) is 5.69 Å². The number of hydrogen-bond donors (Lipinski definition) is 1. The molecule has 32 heavy (non-hydrogen) atoms. The number of anilines is 1. The van der Waals surface area contributed by atoms with Crippen LogP contribution in [0, 0.1) is 13.8 Å². The van der Waals surface area contributed by atoms with E-state index in [1.54, 1.807) is 0 Å². The average molecular weight is 448 g/mol. The van der Waals surface area contributed by atoms with E-state index in [0.29, 0.717) is 0 Å². The van der Waals surface area contributed by atoms with Gasteiger partial charge in [-0.1, -0.05) is 18.6 Å². The maximum absolute atomic E-state index is 12.8. The molecule has 5 rings (SSSR count). The second kappa shape index (κ2) is 8.70. The van der Waals surface area contributed by atoms with E-state index in [1.165, 1.54) is 17.8 Å². The molecule has 0 fully saturated rings. The van der Waals surface area contributed by atoms with Crippen LogP contribution >= 0.6 is 11.3 Å². The number of hydrogen-bond acceptors (Lipinski definition) is 6. The van der Waals surface area contributed by atoms with Gasteiger partial charge in [-0.25, -0.2) is 4.98 Å². The highest BCUT2D eigenvalue weighted by atomic mass is 32.1. The summed E-state index contributed by atoms with van der Waals surface area (Å²) >= 11 is 1.48. The number of fused-ring (bicyclic) bond motifs is 1. The first kappa shape index (κ1) is 20.6. The first-order valence-corrected chi connectivity index (χ1v) is 11.8. The van der Waals surface area contributed by atoms with E-state index in [9.17, 15) is 4.79 Å². The van der Waals surface area contributed by atoms with Gasteiger partial charge in [-0.05, 0) is 50.5 Å². The fraction of sp³-hybridized carbons (Fsp3) is 0.333. The summed E-state index contributed by atoms with van der Waals surface area (Å²) in [6.45, 7) is 4.83. The molecule has 0 atom stereocenters. The molecular formula is C24H25N5O2S. The number of furan rings is 1. The Labute approximate surface area is 190 Å². The molecule has 0 unspecified atom stereocenters. The first-order chi connectivity index (χ1) is 15.6. The van der Waals surface area contributed by atoms with Crippen molar-refractivity contribution in [3.8, 4) is 22.2 Å². The molecule has 0 radical (unpaired) electrons. The molecule has 3 aromatic heterocycles. The van der Waals surface area contributed by atoms with Crippen molar-refractivity contribution in [2.75, 3.05) is 5.32 Å². The van der Waals surface area contributed by atoms with Gasteiger partial charge in [0.1, 0.15) is 11.6 Å². The molecule has 164 valence electrons. The van der Waals surface area contributed by atoms with E-state index in [4.69, 9.17) is 4.42 Å². The van der Waals surface area contributed by atoms with Crippen molar-refractivity contribution in [2.24, 2.45) is 0 Å². The number of aromatic nitrogens is 4. The van der Waals surface area contributed by atoms with Crippen LogP contribution < -0.4 is 5.32 Å². The highest BCUT2D eigenvalue weighted by Gasteiger charge is 2.17. The van der Waals surface area contributed by atoms with E-state index in [1.807, 2.05) is 49.6 Å². The second-order valence-electron chi connectivity index (χ2n) is 8.21. The topological polar surface area (TPSA) is 85.8 Å². The summed E-state index contributed by atoms with van der Waals surface area (Å²) in [6, 6.07) is 9.87. The van der Waals surface area contributed by atoms with E-state index in [0.717, 1.165) is 76.5 Å². The third-order valence-electron chi connectivity index (χ3n) is 5.72. The van der Waals surface area contributed by atoms with Gasteiger partial charge in [-0.3, -0.25) is 4.79 Å². The zero-order chi connectivity index (χ0) is 22.1. The lowest BCUT2D eigenvalue weighted by molar-refractivity contribution is -0.115. The van der Waals surface area contributed by atoms with Gasteiger partial charge in [0, 0.05) is 29.6 Å². The zero-order valence-corrected chi connectivity index (χ0v) is 19.0. The normalized spacial score (nSPS) is 13.6. The standard InChI is InChI=1S/C24H25N5O2S/c1-15-7-9-17(23-28-27-21-6-4-3-5-11-29(21)23)12-19(15)26-22(30)13-18-14-32-24(25-18)20-10-8-16(2)31-20/h7-10,12,14H,3-6,11,13H2,1-2H3,(H,26,30). The molecule has 0 saturated carbocycles. The highest BCUT2D eigenvalue weighted by Crippen LogP contribution is 2.28. The number of carbonyl (C=O) groups is 1. The number of rotatable bonds is 5. The van der Waals surface area contributed by atoms with Crippen molar-refractivity contribution in [3.05, 3.63) is 58.6 Å². The van der Waals surface area contributed by atoms with Crippen LogP contribution in [0.3, 0.4) is 0 Å². The Morgan fingerprint density at radius 2 is 2.06 bits per heavy atom. The molecular weight excluding hydrogens is 422 g/mol. The lowest BCUT2D eigenvalue weighted by atomic mass is 10.1. The largest absolute Gasteiger partial charge is 0.459 e. The summed E-state index contributed by atoms with van der Waals surface area (Å²) in [4.78, 5) is 17.3. The first-order valence-electron chi connectivity index (χ1n) is 10.9. The summed E-state index contributed by atoms with van der Waals surface area (Å²) in [5.74, 6) is 3.40. The van der Waals surface area contributed by atoms with E-state index < -0.39 is 0 Å². The van der Waals surface area contributed by atoms with Gasteiger partial charge < -0.3 is 14.3 Å². The summed E-state index contributed by atoms with van der Waals surface area (Å²) in [5.41, 5.74) is 3.49. The fourth-order valence-corrected chi connectivity index (χ4v) is 4.78. The van der Waals surface area contributed by atoms with Crippen molar-refractivity contribution in [3.63, 3.8) is 0 Å². The van der Waals surface area contributed by atoms with Crippen LogP contribution in [0.25, 0.3) is 22.2 Å². The van der Waals surface area contributed by atoms with Crippen molar-refractivity contribution < 1.29 is 9.21 Å². The van der Waals surface area contributed by atoms with Crippen LogP contribution in [-0.2, 0) is 24.2 Å². The Morgan fingerprint density at radius 3 is 2.91 bits per heavy atom. The Bertz CT molecular complexity index is 1270. The Morgan fingerprint density at radius 1 is 1.16 bits per heavy atom. The number of nitrogens with zero attached hydrogens (tertiary/aromatic N) is 4. The average Bonchev–Trinajstić information content (AvgIpc) is 3.47. The summed E-state index contributed by atoms with van der Waals surface area (Å²) < 4.78 is 7.85. The van der Waals surface area contributed by atoms with Crippen LogP contribution in [0.5, 0.6) is 0 Å². The quantitative estimate of drug-likeness (QED) is 0.455. The van der Waals surface area contributed by atoms with Gasteiger partial charge in [-0.15, -0.1) is 21.5 Å². The molecule has 1 N–H and O–H groups in total. The van der Waals surface area contributed by atoms with Crippen molar-refractivity contribution in [1.82, 2.24) is 19.7 Å². The molecule has 1 amide bonds. The molecule has 0 aliphatic carbocycles. The predicted molar refractivity (Wildman–Crippen MR) is 125 cm³/mol. The highest BCUT2D eigenvalue weighted by molar-refractivity contribution is 7.13.